The Balaban J connectivity index is -0.000000107. The molecule has 0 unspecified atom stereocenters. The van der Waals surface area contributed by atoms with Crippen molar-refractivity contribution in [3.8, 4) is 0 Å². The first-order chi connectivity index (χ1) is 4.41. The van der Waals surface area contributed by atoms with Gasteiger partial charge in [0, 0.05) is 13.2 Å². The van der Waals surface area contributed by atoms with E-state index >= 15 is 0 Å². The van der Waals surface area contributed by atoms with Crippen LogP contribution >= 0.6 is 0 Å². The fraction of sp³-hybridized carbons (Fsp3) is 1.00. The van der Waals surface area contributed by atoms with E-state index in [9.17, 15) is 0 Å². The van der Waals surface area contributed by atoms with Crippen molar-refractivity contribution in [2.75, 3.05) is 13.2 Å². The maximum Gasteiger partial charge on any atom is 0.0437 e. The van der Waals surface area contributed by atoms with E-state index in [0.29, 0.717) is 5.41 Å². The third-order valence-corrected chi connectivity index (χ3v) is 0.408. The first-order valence-electron chi connectivity index (χ1n) is 3.99. The minimum atomic E-state index is 0. The summed E-state index contributed by atoms with van der Waals surface area (Å²) in [6.07, 6.45) is 0. The van der Waals surface area contributed by atoms with Gasteiger partial charge in [-0.15, -0.1) is 0 Å². The topological polar surface area (TPSA) is 9.23 Å². The number of hydrogen-bond donors (Lipinski definition) is 0. The molecule has 72 valence electrons. The van der Waals surface area contributed by atoms with Gasteiger partial charge in [0.1, 0.15) is 0 Å². The molecular weight excluding hydrogens is 136 g/mol. The maximum absolute atomic E-state index is 4.83. The lowest BCUT2D eigenvalue weighted by molar-refractivity contribution is 0.162. The molecule has 0 aromatic rings. The SMILES string of the molecule is C.CC(C)(C)C.CCOCC. The van der Waals surface area contributed by atoms with Crippen LogP contribution in [0.15, 0.2) is 0 Å². The smallest absolute Gasteiger partial charge is 0.0437 e. The summed E-state index contributed by atoms with van der Waals surface area (Å²) in [5.74, 6) is 0. The number of rotatable bonds is 2. The van der Waals surface area contributed by atoms with E-state index in [4.69, 9.17) is 4.74 Å². The molecule has 11 heavy (non-hydrogen) atoms. The molecule has 0 N–H and O–H groups in total. The minimum absolute atomic E-state index is 0. The van der Waals surface area contributed by atoms with Gasteiger partial charge in [0.05, 0.1) is 0 Å². The van der Waals surface area contributed by atoms with Crippen LogP contribution in [0.2, 0.25) is 0 Å². The molecule has 0 bridgehead atoms. The van der Waals surface area contributed by atoms with Gasteiger partial charge in [0.2, 0.25) is 0 Å². The molecule has 0 spiro atoms. The number of ether oxygens (including phenoxy) is 1. The van der Waals surface area contributed by atoms with Crippen LogP contribution in [0.3, 0.4) is 0 Å². The molecule has 0 saturated heterocycles. The third-order valence-electron chi connectivity index (χ3n) is 0.408. The Hall–Kier alpha value is -0.0400. The fourth-order valence-electron chi connectivity index (χ4n) is 0.204. The van der Waals surface area contributed by atoms with Gasteiger partial charge in [-0.25, -0.2) is 0 Å². The van der Waals surface area contributed by atoms with E-state index in [1.807, 2.05) is 13.8 Å². The van der Waals surface area contributed by atoms with E-state index in [2.05, 4.69) is 27.7 Å². The number of hydrogen-bond acceptors (Lipinski definition) is 1. The van der Waals surface area contributed by atoms with Crippen LogP contribution in [0.1, 0.15) is 49.0 Å². The molecule has 0 fully saturated rings. The predicted molar refractivity (Wildman–Crippen MR) is 54.0 cm³/mol. The highest BCUT2D eigenvalue weighted by Gasteiger charge is 1.95. The lowest BCUT2D eigenvalue weighted by Gasteiger charge is -2.05. The van der Waals surface area contributed by atoms with Gasteiger partial charge in [0.25, 0.3) is 0 Å². The zero-order chi connectivity index (χ0) is 8.62. The van der Waals surface area contributed by atoms with Crippen LogP contribution in [0.25, 0.3) is 0 Å². The van der Waals surface area contributed by atoms with E-state index < -0.39 is 0 Å². The zero-order valence-corrected chi connectivity index (χ0v) is 8.32. The van der Waals surface area contributed by atoms with Crippen LogP contribution in [-0.4, -0.2) is 13.2 Å². The largest absolute Gasteiger partial charge is 0.382 e. The van der Waals surface area contributed by atoms with Crippen molar-refractivity contribution in [3.63, 3.8) is 0 Å². The molecule has 0 saturated carbocycles. The van der Waals surface area contributed by atoms with Crippen molar-refractivity contribution >= 4 is 0 Å². The third kappa shape index (κ3) is 164. The molecule has 1 heteroatoms. The summed E-state index contributed by atoms with van der Waals surface area (Å²) in [5.41, 5.74) is 0.500. The highest BCUT2D eigenvalue weighted by molar-refractivity contribution is 4.47. The van der Waals surface area contributed by atoms with Gasteiger partial charge in [-0.3, -0.25) is 0 Å². The first kappa shape index (κ1) is 17.2. The molecule has 0 radical (unpaired) electrons. The minimum Gasteiger partial charge on any atom is -0.382 e. The highest BCUT2D eigenvalue weighted by Crippen LogP contribution is 2.07. The summed E-state index contributed by atoms with van der Waals surface area (Å²) >= 11 is 0. The Labute approximate surface area is 73.1 Å². The van der Waals surface area contributed by atoms with Gasteiger partial charge in [-0.05, 0) is 19.3 Å². The molecule has 0 aromatic carbocycles. The van der Waals surface area contributed by atoms with Crippen molar-refractivity contribution in [3.05, 3.63) is 0 Å². The van der Waals surface area contributed by atoms with Crippen molar-refractivity contribution in [2.45, 2.75) is 49.0 Å². The van der Waals surface area contributed by atoms with Crippen LogP contribution in [0.5, 0.6) is 0 Å². The van der Waals surface area contributed by atoms with Crippen molar-refractivity contribution in [2.24, 2.45) is 5.41 Å². The van der Waals surface area contributed by atoms with Crippen molar-refractivity contribution in [1.82, 2.24) is 0 Å². The second-order valence-electron chi connectivity index (χ2n) is 3.78. The molecule has 0 atom stereocenters. The lowest BCUT2D eigenvalue weighted by Crippen LogP contribution is -1.93. The first-order valence-corrected chi connectivity index (χ1v) is 3.99. The maximum atomic E-state index is 4.83. The normalized spacial score (nSPS) is 9.27. The van der Waals surface area contributed by atoms with E-state index in [-0.39, 0.29) is 7.43 Å². The Morgan fingerprint density at radius 2 is 1.09 bits per heavy atom. The predicted octanol–water partition coefficient (Wildman–Crippen LogP) is 3.73. The second kappa shape index (κ2) is 9.96. The summed E-state index contributed by atoms with van der Waals surface area (Å²) < 4.78 is 4.83. The molecule has 0 aliphatic rings. The standard InChI is InChI=1S/C5H12.C4H10O.CH4/c1-5(2,3)4;1-3-5-4-2;/h1-4H3;3-4H2,1-2H3;1H4. The molecule has 0 heterocycles. The van der Waals surface area contributed by atoms with Crippen LogP contribution in [0.4, 0.5) is 0 Å². The van der Waals surface area contributed by atoms with Crippen LogP contribution in [-0.2, 0) is 4.74 Å². The van der Waals surface area contributed by atoms with Crippen LogP contribution in [0, 0.1) is 5.41 Å². The summed E-state index contributed by atoms with van der Waals surface area (Å²) in [7, 11) is 0. The Morgan fingerprint density at radius 3 is 1.09 bits per heavy atom. The summed E-state index contributed by atoms with van der Waals surface area (Å²) in [6.45, 7) is 14.4. The second-order valence-corrected chi connectivity index (χ2v) is 3.78. The van der Waals surface area contributed by atoms with E-state index in [1.165, 1.54) is 0 Å². The van der Waals surface area contributed by atoms with Crippen LogP contribution < -0.4 is 0 Å². The average molecular weight is 162 g/mol. The summed E-state index contributed by atoms with van der Waals surface area (Å²) in [5, 5.41) is 0. The Bertz CT molecular complexity index is 44.4. The highest BCUT2D eigenvalue weighted by atomic mass is 16.5. The van der Waals surface area contributed by atoms with Gasteiger partial charge >= 0.3 is 0 Å². The van der Waals surface area contributed by atoms with Gasteiger partial charge in [-0.2, -0.15) is 0 Å². The average Bonchev–Trinajstić information content (AvgIpc) is 1.63. The van der Waals surface area contributed by atoms with Gasteiger partial charge in [-0.1, -0.05) is 35.1 Å². The van der Waals surface area contributed by atoms with E-state index in [1.54, 1.807) is 0 Å². The van der Waals surface area contributed by atoms with E-state index in [0.717, 1.165) is 13.2 Å². The fourth-order valence-corrected chi connectivity index (χ4v) is 0.204. The quantitative estimate of drug-likeness (QED) is 0.601. The van der Waals surface area contributed by atoms with Crippen molar-refractivity contribution < 1.29 is 4.74 Å². The van der Waals surface area contributed by atoms with Crippen molar-refractivity contribution in [1.29, 1.82) is 0 Å². The summed E-state index contributed by atoms with van der Waals surface area (Å²) in [4.78, 5) is 0. The monoisotopic (exact) mass is 162 g/mol. The molecule has 0 amide bonds. The molecule has 0 aromatic heterocycles. The Morgan fingerprint density at radius 1 is 0.909 bits per heavy atom. The molecule has 0 aliphatic heterocycles. The molecule has 0 rings (SSSR count). The lowest BCUT2D eigenvalue weighted by atomic mass is 10.0. The molecular formula is C10H26O. The summed E-state index contributed by atoms with van der Waals surface area (Å²) in [6, 6.07) is 0. The van der Waals surface area contributed by atoms with Gasteiger partial charge in [0.15, 0.2) is 0 Å². The Kier molecular flexibility index (Phi) is 15.5. The molecule has 1 nitrogen and oxygen atoms in total. The zero-order valence-electron chi connectivity index (χ0n) is 8.32. The van der Waals surface area contributed by atoms with Gasteiger partial charge < -0.3 is 4.74 Å². The molecule has 0 aliphatic carbocycles.